The van der Waals surface area contributed by atoms with Crippen molar-refractivity contribution in [1.29, 1.82) is 0 Å². The standard InChI is InChI=1S/C18H30O3S.C12H28N/c1-2-3-4-5-6-7-8-9-10-14-17-21-22(19,20)18-15-12-11-13-16-18;1-5-9-13(10-6-2,11-7-3)12-8-4/h11-13,15-16H,2-10,14,17H2,1H3;5-12H2,1-4H3/q;+1. The van der Waals surface area contributed by atoms with E-state index in [0.717, 1.165) is 12.8 Å². The van der Waals surface area contributed by atoms with Crippen molar-refractivity contribution in [2.75, 3.05) is 32.8 Å². The Labute approximate surface area is 219 Å². The fourth-order valence-corrected chi connectivity index (χ4v) is 5.95. The quantitative estimate of drug-likeness (QED) is 0.0939. The van der Waals surface area contributed by atoms with Crippen molar-refractivity contribution in [1.82, 2.24) is 0 Å². The van der Waals surface area contributed by atoms with Crippen molar-refractivity contribution >= 4 is 10.1 Å². The van der Waals surface area contributed by atoms with Gasteiger partial charge in [0.25, 0.3) is 10.1 Å². The highest BCUT2D eigenvalue weighted by atomic mass is 32.2. The number of hydrogen-bond donors (Lipinski definition) is 0. The minimum atomic E-state index is -3.57. The molecule has 0 aliphatic heterocycles. The van der Waals surface area contributed by atoms with Crippen LogP contribution in [0.3, 0.4) is 0 Å². The third-order valence-corrected chi connectivity index (χ3v) is 7.89. The van der Waals surface area contributed by atoms with Crippen LogP contribution in [0.4, 0.5) is 0 Å². The molecule has 4 nitrogen and oxygen atoms in total. The van der Waals surface area contributed by atoms with Gasteiger partial charge in [0, 0.05) is 0 Å². The van der Waals surface area contributed by atoms with Crippen molar-refractivity contribution in [2.45, 2.75) is 129 Å². The summed E-state index contributed by atoms with van der Waals surface area (Å²) in [5.74, 6) is 0. The Kier molecular flexibility index (Phi) is 21.7. The van der Waals surface area contributed by atoms with Gasteiger partial charge in [0.1, 0.15) is 0 Å². The molecule has 0 aliphatic rings. The first-order chi connectivity index (χ1) is 16.9. The summed E-state index contributed by atoms with van der Waals surface area (Å²) < 4.78 is 30.2. The van der Waals surface area contributed by atoms with Crippen LogP contribution in [0.1, 0.15) is 125 Å². The van der Waals surface area contributed by atoms with Crippen LogP contribution in [-0.4, -0.2) is 45.7 Å². The largest absolute Gasteiger partial charge is 0.324 e. The molecule has 0 saturated heterocycles. The Morgan fingerprint density at radius 3 is 1.37 bits per heavy atom. The zero-order valence-electron chi connectivity index (χ0n) is 23.9. The van der Waals surface area contributed by atoms with Crippen molar-refractivity contribution in [3.05, 3.63) is 30.3 Å². The minimum absolute atomic E-state index is 0.238. The van der Waals surface area contributed by atoms with Gasteiger partial charge in [-0.3, -0.25) is 4.18 Å². The van der Waals surface area contributed by atoms with Gasteiger partial charge >= 0.3 is 0 Å². The van der Waals surface area contributed by atoms with E-state index in [1.54, 1.807) is 30.3 Å². The molecule has 0 bridgehead atoms. The topological polar surface area (TPSA) is 43.4 Å². The second-order valence-corrected chi connectivity index (χ2v) is 11.6. The van der Waals surface area contributed by atoms with Crippen LogP contribution in [0.2, 0.25) is 0 Å². The number of hydrogen-bond acceptors (Lipinski definition) is 3. The molecule has 35 heavy (non-hydrogen) atoms. The van der Waals surface area contributed by atoms with Crippen LogP contribution in [0.15, 0.2) is 35.2 Å². The van der Waals surface area contributed by atoms with Crippen molar-refractivity contribution in [2.24, 2.45) is 0 Å². The summed E-state index contributed by atoms with van der Waals surface area (Å²) in [6.07, 6.45) is 17.6. The zero-order chi connectivity index (χ0) is 26.3. The molecule has 0 radical (unpaired) electrons. The third kappa shape index (κ3) is 17.2. The first kappa shape index (κ1) is 34.1. The van der Waals surface area contributed by atoms with Gasteiger partial charge in [-0.05, 0) is 44.2 Å². The van der Waals surface area contributed by atoms with E-state index in [0.29, 0.717) is 0 Å². The van der Waals surface area contributed by atoms with Gasteiger partial charge in [-0.1, -0.05) is 111 Å². The Morgan fingerprint density at radius 2 is 0.971 bits per heavy atom. The summed E-state index contributed by atoms with van der Waals surface area (Å²) in [5.41, 5.74) is 0. The average molecular weight is 513 g/mol. The fourth-order valence-electron chi connectivity index (χ4n) is 4.98. The monoisotopic (exact) mass is 512 g/mol. The molecule has 0 spiro atoms. The SMILES string of the molecule is CCCCCCCCCCCCOS(=O)(=O)c1ccccc1.CCC[N+](CCC)(CCC)CCC. The van der Waals surface area contributed by atoms with Crippen LogP contribution < -0.4 is 0 Å². The molecule has 0 amide bonds. The van der Waals surface area contributed by atoms with Crippen molar-refractivity contribution in [3.63, 3.8) is 0 Å². The number of rotatable bonds is 21. The highest BCUT2D eigenvalue weighted by Crippen LogP contribution is 2.14. The van der Waals surface area contributed by atoms with Gasteiger partial charge < -0.3 is 4.48 Å². The molecule has 0 heterocycles. The maximum absolute atomic E-state index is 11.9. The minimum Gasteiger partial charge on any atom is -0.324 e. The van der Waals surface area contributed by atoms with Gasteiger partial charge in [-0.2, -0.15) is 8.42 Å². The number of unbranched alkanes of at least 4 members (excludes halogenated alkanes) is 9. The van der Waals surface area contributed by atoms with Gasteiger partial charge in [-0.15, -0.1) is 0 Å². The van der Waals surface area contributed by atoms with Crippen LogP contribution in [0.5, 0.6) is 0 Å². The van der Waals surface area contributed by atoms with Crippen molar-refractivity contribution in [3.8, 4) is 0 Å². The predicted molar refractivity (Wildman–Crippen MR) is 152 cm³/mol. The van der Waals surface area contributed by atoms with E-state index < -0.39 is 10.1 Å². The van der Waals surface area contributed by atoms with Crippen LogP contribution in [0, 0.1) is 0 Å². The highest BCUT2D eigenvalue weighted by Gasteiger charge is 2.22. The highest BCUT2D eigenvalue weighted by molar-refractivity contribution is 7.86. The third-order valence-electron chi connectivity index (χ3n) is 6.56. The molecule has 1 aromatic rings. The molecule has 0 N–H and O–H groups in total. The lowest BCUT2D eigenvalue weighted by Gasteiger charge is -2.38. The molecule has 0 saturated carbocycles. The smallest absolute Gasteiger partial charge is 0.296 e. The summed E-state index contributed by atoms with van der Waals surface area (Å²) in [5, 5.41) is 0. The lowest BCUT2D eigenvalue weighted by molar-refractivity contribution is -0.928. The Bertz CT molecular complexity index is 647. The molecule has 0 atom stereocenters. The molecule has 1 rings (SSSR count). The summed E-state index contributed by atoms with van der Waals surface area (Å²) in [6, 6.07) is 8.33. The number of benzene rings is 1. The van der Waals surface area contributed by atoms with E-state index in [-0.39, 0.29) is 11.5 Å². The summed E-state index contributed by atoms with van der Waals surface area (Å²) >= 11 is 0. The molecule has 1 aromatic carbocycles. The first-order valence-corrected chi connectivity index (χ1v) is 16.1. The van der Waals surface area contributed by atoms with Crippen LogP contribution in [0.25, 0.3) is 0 Å². The molecular formula is C30H58NO3S+. The molecule has 5 heteroatoms. The second-order valence-electron chi connectivity index (χ2n) is 10.0. The summed E-state index contributed by atoms with van der Waals surface area (Å²) in [7, 11) is -3.57. The number of nitrogens with zero attached hydrogens (tertiary/aromatic N) is 1. The van der Waals surface area contributed by atoms with E-state index in [9.17, 15) is 8.42 Å². The molecule has 0 fully saturated rings. The molecule has 0 aromatic heterocycles. The van der Waals surface area contributed by atoms with Crippen LogP contribution >= 0.6 is 0 Å². The van der Waals surface area contributed by atoms with E-state index in [4.69, 9.17) is 4.18 Å². The summed E-state index contributed by atoms with van der Waals surface area (Å²) in [6.45, 7) is 17.3. The van der Waals surface area contributed by atoms with E-state index in [2.05, 4.69) is 34.6 Å². The second kappa shape index (κ2) is 22.3. The average Bonchev–Trinajstić information content (AvgIpc) is 2.84. The maximum Gasteiger partial charge on any atom is 0.296 e. The van der Waals surface area contributed by atoms with E-state index in [1.807, 2.05) is 0 Å². The van der Waals surface area contributed by atoms with Gasteiger partial charge in [-0.25, -0.2) is 0 Å². The summed E-state index contributed by atoms with van der Waals surface area (Å²) in [4.78, 5) is 0.238. The lowest BCUT2D eigenvalue weighted by Crippen LogP contribution is -2.50. The van der Waals surface area contributed by atoms with Gasteiger partial charge in [0.05, 0.1) is 37.7 Å². The normalized spacial score (nSPS) is 11.8. The molecule has 0 aliphatic carbocycles. The first-order valence-electron chi connectivity index (χ1n) is 14.7. The number of quaternary nitrogens is 1. The van der Waals surface area contributed by atoms with E-state index in [1.165, 1.54) is 108 Å². The lowest BCUT2D eigenvalue weighted by atomic mass is 10.1. The van der Waals surface area contributed by atoms with Crippen molar-refractivity contribution < 1.29 is 17.1 Å². The zero-order valence-corrected chi connectivity index (χ0v) is 24.7. The Balaban J connectivity index is 0.000000761. The Morgan fingerprint density at radius 1 is 0.571 bits per heavy atom. The van der Waals surface area contributed by atoms with Gasteiger partial charge in [0.15, 0.2) is 0 Å². The molecular weight excluding hydrogens is 454 g/mol. The molecule has 0 unspecified atom stereocenters. The van der Waals surface area contributed by atoms with E-state index >= 15 is 0 Å². The Hall–Kier alpha value is -0.910. The maximum atomic E-state index is 11.9. The van der Waals surface area contributed by atoms with Crippen LogP contribution in [-0.2, 0) is 14.3 Å². The molecule has 206 valence electrons. The predicted octanol–water partition coefficient (Wildman–Crippen LogP) is 8.76. The fraction of sp³-hybridized carbons (Fsp3) is 0.800. The van der Waals surface area contributed by atoms with Gasteiger partial charge in [0.2, 0.25) is 0 Å².